The first-order valence-corrected chi connectivity index (χ1v) is 7.19. The highest BCUT2D eigenvalue weighted by atomic mass is 16.1. The number of allylic oxidation sites excluding steroid dienone is 2. The van der Waals surface area contributed by atoms with Crippen LogP contribution in [0.2, 0.25) is 0 Å². The highest BCUT2D eigenvalue weighted by Gasteiger charge is 2.42. The van der Waals surface area contributed by atoms with E-state index >= 15 is 0 Å². The first kappa shape index (κ1) is 11.3. The summed E-state index contributed by atoms with van der Waals surface area (Å²) in [7, 11) is 0. The highest BCUT2D eigenvalue weighted by molar-refractivity contribution is 5.91. The van der Waals surface area contributed by atoms with E-state index in [-0.39, 0.29) is 0 Å². The Bertz CT molecular complexity index is 360. The minimum atomic E-state index is 0.338. The fraction of sp³-hybridized carbons (Fsp3) is 0.800. The lowest BCUT2D eigenvalue weighted by Crippen LogP contribution is -2.53. The van der Waals surface area contributed by atoms with Gasteiger partial charge in [0, 0.05) is 30.3 Å². The standard InChI is InChI=1S/C15H23NO/c1-10-7-12-5-3-4-6-14(12)16-11(2)8-13(17)9-15(10)16/h9-12,14H,3-8H2,1-2H3. The number of hydrogen-bond donors (Lipinski definition) is 0. The van der Waals surface area contributed by atoms with Crippen LogP contribution in [0.4, 0.5) is 0 Å². The number of ketones is 1. The van der Waals surface area contributed by atoms with E-state index in [1.54, 1.807) is 0 Å². The predicted molar refractivity (Wildman–Crippen MR) is 68.5 cm³/mol. The number of fused-ring (bicyclic) bond motifs is 3. The summed E-state index contributed by atoms with van der Waals surface area (Å²) < 4.78 is 0. The van der Waals surface area contributed by atoms with Crippen molar-refractivity contribution in [3.05, 3.63) is 11.8 Å². The normalized spacial score (nSPS) is 41.6. The third kappa shape index (κ3) is 1.82. The van der Waals surface area contributed by atoms with E-state index in [4.69, 9.17) is 0 Å². The maximum Gasteiger partial charge on any atom is 0.159 e. The number of carbonyl (C=O) groups excluding carboxylic acids is 1. The molecule has 1 saturated carbocycles. The number of hydrogen-bond acceptors (Lipinski definition) is 2. The van der Waals surface area contributed by atoms with Crippen molar-refractivity contribution in [3.8, 4) is 0 Å². The summed E-state index contributed by atoms with van der Waals surface area (Å²) in [5.74, 6) is 1.80. The summed E-state index contributed by atoms with van der Waals surface area (Å²) in [6.45, 7) is 4.53. The van der Waals surface area contributed by atoms with Crippen molar-refractivity contribution < 1.29 is 4.79 Å². The summed E-state index contributed by atoms with van der Waals surface area (Å²) in [6, 6.07) is 1.16. The molecule has 0 aromatic rings. The van der Waals surface area contributed by atoms with Gasteiger partial charge in [-0.15, -0.1) is 0 Å². The van der Waals surface area contributed by atoms with Crippen molar-refractivity contribution >= 4 is 5.78 Å². The molecule has 0 N–H and O–H groups in total. The average Bonchev–Trinajstić information content (AvgIpc) is 2.29. The molecule has 1 saturated heterocycles. The van der Waals surface area contributed by atoms with Gasteiger partial charge in [0.2, 0.25) is 0 Å². The van der Waals surface area contributed by atoms with Gasteiger partial charge in [-0.1, -0.05) is 19.8 Å². The number of piperidine rings is 1. The van der Waals surface area contributed by atoms with Crippen LogP contribution in [-0.4, -0.2) is 22.8 Å². The molecular weight excluding hydrogens is 210 g/mol. The molecule has 17 heavy (non-hydrogen) atoms. The Morgan fingerprint density at radius 1 is 1.24 bits per heavy atom. The Morgan fingerprint density at radius 2 is 2.00 bits per heavy atom. The fourth-order valence-electron chi connectivity index (χ4n) is 4.26. The van der Waals surface area contributed by atoms with Crippen LogP contribution in [0.1, 0.15) is 52.4 Å². The van der Waals surface area contributed by atoms with Crippen LogP contribution in [0.15, 0.2) is 11.8 Å². The molecule has 4 atom stereocenters. The summed E-state index contributed by atoms with van der Waals surface area (Å²) in [6.07, 6.45) is 9.49. The molecule has 2 heterocycles. The van der Waals surface area contributed by atoms with Gasteiger partial charge < -0.3 is 4.90 Å². The molecule has 2 heteroatoms. The number of carbonyl (C=O) groups is 1. The second-order valence-corrected chi connectivity index (χ2v) is 6.24. The smallest absolute Gasteiger partial charge is 0.159 e. The maximum atomic E-state index is 11.7. The Kier molecular flexibility index (Phi) is 2.76. The van der Waals surface area contributed by atoms with Crippen molar-refractivity contribution in [2.24, 2.45) is 11.8 Å². The molecule has 94 valence electrons. The Balaban J connectivity index is 1.94. The summed E-state index contributed by atoms with van der Waals surface area (Å²) in [5, 5.41) is 0. The molecule has 0 aromatic heterocycles. The van der Waals surface area contributed by atoms with E-state index in [0.29, 0.717) is 17.7 Å². The first-order valence-electron chi connectivity index (χ1n) is 7.19. The van der Waals surface area contributed by atoms with Crippen LogP contribution in [-0.2, 0) is 4.79 Å². The van der Waals surface area contributed by atoms with E-state index in [9.17, 15) is 4.79 Å². The molecule has 0 radical (unpaired) electrons. The molecule has 2 fully saturated rings. The number of nitrogens with zero attached hydrogens (tertiary/aromatic N) is 1. The Hall–Kier alpha value is -0.790. The lowest BCUT2D eigenvalue weighted by Gasteiger charge is -2.53. The van der Waals surface area contributed by atoms with E-state index in [1.807, 2.05) is 6.08 Å². The zero-order chi connectivity index (χ0) is 12.0. The number of rotatable bonds is 0. The minimum Gasteiger partial charge on any atom is -0.368 e. The van der Waals surface area contributed by atoms with Crippen molar-refractivity contribution in [2.75, 3.05) is 0 Å². The zero-order valence-electron chi connectivity index (χ0n) is 11.0. The molecular formula is C15H23NO. The second-order valence-electron chi connectivity index (χ2n) is 6.24. The second kappa shape index (κ2) is 4.15. The van der Waals surface area contributed by atoms with Gasteiger partial charge in [0.05, 0.1) is 0 Å². The molecule has 2 nitrogen and oxygen atoms in total. The van der Waals surface area contributed by atoms with Gasteiger partial charge in [-0.2, -0.15) is 0 Å². The minimum absolute atomic E-state index is 0.338. The molecule has 0 bridgehead atoms. The molecule has 0 aromatic carbocycles. The maximum absolute atomic E-state index is 11.7. The summed E-state index contributed by atoms with van der Waals surface area (Å²) >= 11 is 0. The van der Waals surface area contributed by atoms with Gasteiger partial charge in [-0.3, -0.25) is 4.79 Å². The lowest BCUT2D eigenvalue weighted by molar-refractivity contribution is -0.117. The topological polar surface area (TPSA) is 20.3 Å². The Morgan fingerprint density at radius 3 is 2.82 bits per heavy atom. The van der Waals surface area contributed by atoms with Gasteiger partial charge in [-0.05, 0) is 38.0 Å². The van der Waals surface area contributed by atoms with Gasteiger partial charge in [-0.25, -0.2) is 0 Å². The van der Waals surface area contributed by atoms with Gasteiger partial charge in [0.1, 0.15) is 0 Å². The monoisotopic (exact) mass is 233 g/mol. The van der Waals surface area contributed by atoms with Gasteiger partial charge in [0.15, 0.2) is 5.78 Å². The van der Waals surface area contributed by atoms with Crippen LogP contribution < -0.4 is 0 Å². The molecule has 3 rings (SSSR count). The van der Waals surface area contributed by atoms with E-state index < -0.39 is 0 Å². The third-order valence-corrected chi connectivity index (χ3v) is 4.97. The van der Waals surface area contributed by atoms with Gasteiger partial charge >= 0.3 is 0 Å². The predicted octanol–water partition coefficient (Wildman–Crippen LogP) is 3.13. The molecule has 2 aliphatic heterocycles. The third-order valence-electron chi connectivity index (χ3n) is 4.97. The fourth-order valence-corrected chi connectivity index (χ4v) is 4.26. The van der Waals surface area contributed by atoms with Gasteiger partial charge in [0.25, 0.3) is 0 Å². The van der Waals surface area contributed by atoms with E-state index in [0.717, 1.165) is 18.4 Å². The largest absolute Gasteiger partial charge is 0.368 e. The van der Waals surface area contributed by atoms with Crippen molar-refractivity contribution in [1.82, 2.24) is 4.90 Å². The van der Waals surface area contributed by atoms with Crippen molar-refractivity contribution in [1.29, 1.82) is 0 Å². The zero-order valence-corrected chi connectivity index (χ0v) is 11.0. The average molecular weight is 233 g/mol. The molecule has 4 unspecified atom stereocenters. The van der Waals surface area contributed by atoms with Crippen LogP contribution >= 0.6 is 0 Å². The molecule has 0 spiro atoms. The summed E-state index contributed by atoms with van der Waals surface area (Å²) in [5.41, 5.74) is 1.34. The summed E-state index contributed by atoms with van der Waals surface area (Å²) in [4.78, 5) is 14.3. The highest BCUT2D eigenvalue weighted by Crippen LogP contribution is 2.44. The lowest BCUT2D eigenvalue weighted by atomic mass is 9.72. The SMILES string of the molecule is CC1CC2CCCCC2N2C1=CC(=O)CC2C. The van der Waals surface area contributed by atoms with E-state index in [2.05, 4.69) is 18.7 Å². The molecule has 3 aliphatic rings. The van der Waals surface area contributed by atoms with Crippen LogP contribution in [0, 0.1) is 11.8 Å². The molecule has 0 amide bonds. The van der Waals surface area contributed by atoms with Crippen molar-refractivity contribution in [3.63, 3.8) is 0 Å². The van der Waals surface area contributed by atoms with Crippen LogP contribution in [0.3, 0.4) is 0 Å². The first-order chi connectivity index (χ1) is 8.16. The Labute approximate surface area is 104 Å². The molecule has 1 aliphatic carbocycles. The van der Waals surface area contributed by atoms with Crippen LogP contribution in [0.25, 0.3) is 0 Å². The van der Waals surface area contributed by atoms with Crippen molar-refractivity contribution in [2.45, 2.75) is 64.5 Å². The van der Waals surface area contributed by atoms with Crippen LogP contribution in [0.5, 0.6) is 0 Å². The quantitative estimate of drug-likeness (QED) is 0.640. The van der Waals surface area contributed by atoms with E-state index in [1.165, 1.54) is 37.8 Å².